The third kappa shape index (κ3) is 3.30. The van der Waals surface area contributed by atoms with E-state index in [-0.39, 0.29) is 0 Å². The second-order valence-electron chi connectivity index (χ2n) is 5.30. The van der Waals surface area contributed by atoms with Crippen LogP contribution in [0.4, 0.5) is 0 Å². The van der Waals surface area contributed by atoms with Crippen LogP contribution in [0.5, 0.6) is 0 Å². The fourth-order valence-electron chi connectivity index (χ4n) is 2.79. The topological polar surface area (TPSA) is 28.2 Å². The Morgan fingerprint density at radius 1 is 1.39 bits per heavy atom. The van der Waals surface area contributed by atoms with Gasteiger partial charge in [0, 0.05) is 44.1 Å². The molecule has 0 aliphatic carbocycles. The van der Waals surface area contributed by atoms with Gasteiger partial charge in [0.05, 0.1) is 0 Å². The highest BCUT2D eigenvalue weighted by atomic mass is 15.2. The number of hydrogen-bond donors (Lipinski definition) is 1. The molecule has 1 saturated heterocycles. The monoisotopic (exact) mass is 247 g/mol. The highest BCUT2D eigenvalue weighted by Gasteiger charge is 2.31. The van der Waals surface area contributed by atoms with Crippen LogP contribution in [0.2, 0.25) is 0 Å². The van der Waals surface area contributed by atoms with Crippen molar-refractivity contribution in [2.45, 2.75) is 38.6 Å². The number of piperazine rings is 1. The Morgan fingerprint density at radius 2 is 2.22 bits per heavy atom. The number of rotatable bonds is 5. The van der Waals surface area contributed by atoms with Crippen LogP contribution < -0.4 is 5.32 Å². The maximum absolute atomic E-state index is 4.18. The third-order valence-electron chi connectivity index (χ3n) is 4.25. The van der Waals surface area contributed by atoms with Gasteiger partial charge in [0.1, 0.15) is 0 Å². The molecule has 0 amide bonds. The van der Waals surface area contributed by atoms with Crippen LogP contribution in [0.15, 0.2) is 24.5 Å². The van der Waals surface area contributed by atoms with Crippen LogP contribution in [0.3, 0.4) is 0 Å². The first kappa shape index (κ1) is 13.5. The van der Waals surface area contributed by atoms with Gasteiger partial charge < -0.3 is 5.32 Å². The lowest BCUT2D eigenvalue weighted by atomic mass is 9.90. The van der Waals surface area contributed by atoms with E-state index in [0.29, 0.717) is 5.54 Å². The average Bonchev–Trinajstić information content (AvgIpc) is 2.46. The van der Waals surface area contributed by atoms with Crippen molar-refractivity contribution in [2.75, 3.05) is 26.2 Å². The molecule has 3 nitrogen and oxygen atoms in total. The maximum Gasteiger partial charge on any atom is 0.0304 e. The van der Waals surface area contributed by atoms with Crippen molar-refractivity contribution in [2.24, 2.45) is 0 Å². The Kier molecular flexibility index (Phi) is 4.72. The molecular formula is C15H25N3. The predicted molar refractivity (Wildman–Crippen MR) is 75.7 cm³/mol. The van der Waals surface area contributed by atoms with E-state index in [9.17, 15) is 0 Å². The number of nitrogens with zero attached hydrogens (tertiary/aromatic N) is 2. The largest absolute Gasteiger partial charge is 0.309 e. The van der Waals surface area contributed by atoms with E-state index in [1.807, 2.05) is 18.5 Å². The highest BCUT2D eigenvalue weighted by Crippen LogP contribution is 2.19. The van der Waals surface area contributed by atoms with Crippen LogP contribution in [0.1, 0.15) is 32.3 Å². The molecule has 1 aromatic heterocycles. The van der Waals surface area contributed by atoms with E-state index < -0.39 is 0 Å². The van der Waals surface area contributed by atoms with E-state index >= 15 is 0 Å². The van der Waals surface area contributed by atoms with Crippen LogP contribution in [-0.2, 0) is 6.42 Å². The van der Waals surface area contributed by atoms with Crippen molar-refractivity contribution in [3.63, 3.8) is 0 Å². The summed E-state index contributed by atoms with van der Waals surface area (Å²) >= 11 is 0. The minimum Gasteiger partial charge on any atom is -0.309 e. The lowest BCUT2D eigenvalue weighted by Gasteiger charge is -2.43. The van der Waals surface area contributed by atoms with Crippen LogP contribution in [0.25, 0.3) is 0 Å². The van der Waals surface area contributed by atoms with Crippen LogP contribution in [0, 0.1) is 0 Å². The standard InChI is InChI=1S/C15H25N3/c1-3-15(4-2)13-18(11-9-17-15)10-7-14-6-5-8-16-12-14/h5-6,8,12,17H,3-4,7,9-11,13H2,1-2H3. The fourth-order valence-corrected chi connectivity index (χ4v) is 2.79. The molecular weight excluding hydrogens is 222 g/mol. The lowest BCUT2D eigenvalue weighted by Crippen LogP contribution is -2.60. The number of nitrogens with one attached hydrogen (secondary N) is 1. The van der Waals surface area contributed by atoms with Gasteiger partial charge in [0.25, 0.3) is 0 Å². The van der Waals surface area contributed by atoms with Gasteiger partial charge in [-0.15, -0.1) is 0 Å². The van der Waals surface area contributed by atoms with Gasteiger partial charge in [-0.05, 0) is 30.9 Å². The smallest absolute Gasteiger partial charge is 0.0304 e. The quantitative estimate of drug-likeness (QED) is 0.863. The van der Waals surface area contributed by atoms with Crippen LogP contribution >= 0.6 is 0 Å². The maximum atomic E-state index is 4.18. The molecule has 100 valence electrons. The summed E-state index contributed by atoms with van der Waals surface area (Å²) in [6.45, 7) is 9.20. The van der Waals surface area contributed by atoms with Gasteiger partial charge >= 0.3 is 0 Å². The lowest BCUT2D eigenvalue weighted by molar-refractivity contribution is 0.125. The Bertz CT molecular complexity index is 346. The molecule has 2 rings (SSSR count). The predicted octanol–water partition coefficient (Wildman–Crippen LogP) is 2.09. The minimum absolute atomic E-state index is 0.340. The summed E-state index contributed by atoms with van der Waals surface area (Å²) in [6, 6.07) is 4.19. The molecule has 1 aliphatic rings. The Hall–Kier alpha value is -0.930. The summed E-state index contributed by atoms with van der Waals surface area (Å²) in [5, 5.41) is 3.71. The molecule has 0 atom stereocenters. The van der Waals surface area contributed by atoms with E-state index in [2.05, 4.69) is 35.1 Å². The van der Waals surface area contributed by atoms with Crippen molar-refractivity contribution in [1.82, 2.24) is 15.2 Å². The molecule has 1 N–H and O–H groups in total. The second kappa shape index (κ2) is 6.30. The molecule has 1 aromatic rings. The first-order valence-electron chi connectivity index (χ1n) is 7.14. The summed E-state index contributed by atoms with van der Waals surface area (Å²) < 4.78 is 0. The molecule has 2 heterocycles. The van der Waals surface area contributed by atoms with E-state index in [0.717, 1.165) is 19.5 Å². The summed E-state index contributed by atoms with van der Waals surface area (Å²) in [7, 11) is 0. The molecule has 0 spiro atoms. The molecule has 1 fully saturated rings. The first-order chi connectivity index (χ1) is 8.78. The Balaban J connectivity index is 1.86. The number of pyridine rings is 1. The van der Waals surface area contributed by atoms with Gasteiger partial charge in [-0.3, -0.25) is 9.88 Å². The van der Waals surface area contributed by atoms with E-state index in [4.69, 9.17) is 0 Å². The molecule has 1 aliphatic heterocycles. The first-order valence-corrected chi connectivity index (χ1v) is 7.14. The van der Waals surface area contributed by atoms with Crippen molar-refractivity contribution >= 4 is 0 Å². The van der Waals surface area contributed by atoms with Crippen molar-refractivity contribution in [3.05, 3.63) is 30.1 Å². The summed E-state index contributed by atoms with van der Waals surface area (Å²) in [4.78, 5) is 6.77. The van der Waals surface area contributed by atoms with Gasteiger partial charge in [0.15, 0.2) is 0 Å². The number of hydrogen-bond acceptors (Lipinski definition) is 3. The molecule has 0 bridgehead atoms. The Labute approximate surface area is 111 Å². The van der Waals surface area contributed by atoms with E-state index in [1.54, 1.807) is 0 Å². The zero-order chi connectivity index (χ0) is 12.8. The zero-order valence-electron chi connectivity index (χ0n) is 11.7. The average molecular weight is 247 g/mol. The van der Waals surface area contributed by atoms with Crippen molar-refractivity contribution in [3.8, 4) is 0 Å². The summed E-state index contributed by atoms with van der Waals surface area (Å²) in [5.41, 5.74) is 1.68. The number of aromatic nitrogens is 1. The van der Waals surface area contributed by atoms with Crippen molar-refractivity contribution < 1.29 is 0 Å². The second-order valence-corrected chi connectivity index (χ2v) is 5.30. The highest BCUT2D eigenvalue weighted by molar-refractivity contribution is 5.09. The molecule has 0 unspecified atom stereocenters. The third-order valence-corrected chi connectivity index (χ3v) is 4.25. The normalized spacial score (nSPS) is 19.9. The van der Waals surface area contributed by atoms with Crippen molar-refractivity contribution in [1.29, 1.82) is 0 Å². The zero-order valence-corrected chi connectivity index (χ0v) is 11.7. The van der Waals surface area contributed by atoms with Gasteiger partial charge in [-0.1, -0.05) is 19.9 Å². The summed E-state index contributed by atoms with van der Waals surface area (Å²) in [5.74, 6) is 0. The van der Waals surface area contributed by atoms with Gasteiger partial charge in [-0.25, -0.2) is 0 Å². The molecule has 3 heteroatoms. The van der Waals surface area contributed by atoms with Gasteiger partial charge in [-0.2, -0.15) is 0 Å². The Morgan fingerprint density at radius 3 is 2.89 bits per heavy atom. The molecule has 0 saturated carbocycles. The molecule has 18 heavy (non-hydrogen) atoms. The fraction of sp³-hybridized carbons (Fsp3) is 0.667. The minimum atomic E-state index is 0.340. The SMILES string of the molecule is CCC1(CC)CN(CCc2cccnc2)CCN1. The molecule has 0 radical (unpaired) electrons. The van der Waals surface area contributed by atoms with Crippen LogP contribution in [-0.4, -0.2) is 41.6 Å². The van der Waals surface area contributed by atoms with E-state index in [1.165, 1.54) is 31.5 Å². The van der Waals surface area contributed by atoms with Gasteiger partial charge in [0.2, 0.25) is 0 Å². The molecule has 0 aromatic carbocycles. The summed E-state index contributed by atoms with van der Waals surface area (Å²) in [6.07, 6.45) is 7.36.